The second-order valence-electron chi connectivity index (χ2n) is 6.97. The van der Waals surface area contributed by atoms with Gasteiger partial charge in [-0.15, -0.1) is 0 Å². The van der Waals surface area contributed by atoms with Gasteiger partial charge in [-0.3, -0.25) is 19.4 Å². The predicted molar refractivity (Wildman–Crippen MR) is 102 cm³/mol. The number of amides is 1. The Hall–Kier alpha value is -2.09. The van der Waals surface area contributed by atoms with E-state index in [1.54, 1.807) is 6.20 Å². The maximum absolute atomic E-state index is 12.6. The molecule has 8 nitrogen and oxygen atoms in total. The molecule has 0 saturated carbocycles. The first kappa shape index (κ1) is 18.7. The second-order valence-corrected chi connectivity index (χ2v) is 6.97. The minimum atomic E-state index is -0.0231. The van der Waals surface area contributed by atoms with Crippen molar-refractivity contribution in [3.8, 4) is 0 Å². The molecule has 1 atom stereocenters. The zero-order valence-corrected chi connectivity index (χ0v) is 16.0. The lowest BCUT2D eigenvalue weighted by Gasteiger charge is -2.39. The molecule has 1 N–H and O–H groups in total. The first-order chi connectivity index (χ1) is 12.7. The lowest BCUT2D eigenvalue weighted by atomic mass is 10.2. The summed E-state index contributed by atoms with van der Waals surface area (Å²) in [6.45, 7) is 9.06. The van der Waals surface area contributed by atoms with E-state index in [1.165, 1.54) is 0 Å². The summed E-state index contributed by atoms with van der Waals surface area (Å²) in [5.41, 5.74) is 0. The van der Waals surface area contributed by atoms with E-state index in [-0.39, 0.29) is 11.9 Å². The molecule has 1 unspecified atom stereocenters. The summed E-state index contributed by atoms with van der Waals surface area (Å²) in [6, 6.07) is 1.91. The second kappa shape index (κ2) is 9.02. The Morgan fingerprint density at radius 1 is 1.15 bits per heavy atom. The van der Waals surface area contributed by atoms with E-state index in [2.05, 4.69) is 25.2 Å². The minimum absolute atomic E-state index is 0.0231. The number of carbonyl (C=O) groups is 1. The molecule has 0 radical (unpaired) electrons. The molecule has 2 aliphatic heterocycles. The van der Waals surface area contributed by atoms with Gasteiger partial charge in [0, 0.05) is 65.3 Å². The molecule has 1 amide bonds. The van der Waals surface area contributed by atoms with Crippen LogP contribution in [0.1, 0.15) is 19.8 Å². The molecule has 0 aromatic carbocycles. The quantitative estimate of drug-likeness (QED) is 0.595. The maximum atomic E-state index is 12.6. The molecule has 26 heavy (non-hydrogen) atoms. The van der Waals surface area contributed by atoms with Crippen molar-refractivity contribution in [2.24, 2.45) is 4.99 Å². The number of nitrogens with zero attached hydrogens (tertiary/aromatic N) is 6. The van der Waals surface area contributed by atoms with Gasteiger partial charge in [0.15, 0.2) is 5.96 Å². The third-order valence-corrected chi connectivity index (χ3v) is 5.33. The number of hydrogen-bond donors (Lipinski definition) is 1. The lowest BCUT2D eigenvalue weighted by Crippen LogP contribution is -2.57. The zero-order valence-electron chi connectivity index (χ0n) is 16.0. The van der Waals surface area contributed by atoms with Crippen LogP contribution in [0.2, 0.25) is 0 Å². The van der Waals surface area contributed by atoms with Crippen molar-refractivity contribution in [3.05, 3.63) is 18.5 Å². The van der Waals surface area contributed by atoms with Crippen molar-refractivity contribution < 1.29 is 4.79 Å². The summed E-state index contributed by atoms with van der Waals surface area (Å²) < 4.78 is 1.91. The van der Waals surface area contributed by atoms with Gasteiger partial charge in [0.25, 0.3) is 0 Å². The minimum Gasteiger partial charge on any atom is -0.354 e. The number of aliphatic imine (C=N–C) groups is 1. The van der Waals surface area contributed by atoms with Crippen LogP contribution in [0, 0.1) is 0 Å². The third kappa shape index (κ3) is 4.55. The van der Waals surface area contributed by atoms with Gasteiger partial charge < -0.3 is 15.1 Å². The molecule has 0 aliphatic carbocycles. The van der Waals surface area contributed by atoms with E-state index in [4.69, 9.17) is 0 Å². The Bertz CT molecular complexity index is 587. The van der Waals surface area contributed by atoms with E-state index in [0.717, 1.165) is 71.2 Å². The van der Waals surface area contributed by atoms with E-state index in [9.17, 15) is 4.79 Å². The predicted octanol–water partition coefficient (Wildman–Crippen LogP) is 0.0870. The summed E-state index contributed by atoms with van der Waals surface area (Å²) in [5, 5.41) is 7.62. The fourth-order valence-corrected chi connectivity index (χ4v) is 3.73. The first-order valence-electron chi connectivity index (χ1n) is 9.65. The number of guanidine groups is 1. The largest absolute Gasteiger partial charge is 0.354 e. The van der Waals surface area contributed by atoms with Crippen molar-refractivity contribution in [1.29, 1.82) is 0 Å². The summed E-state index contributed by atoms with van der Waals surface area (Å²) in [7, 11) is 1.82. The van der Waals surface area contributed by atoms with Crippen LogP contribution in [0.15, 0.2) is 23.5 Å². The molecule has 2 aliphatic rings. The number of rotatable bonds is 5. The van der Waals surface area contributed by atoms with Crippen LogP contribution in [0.25, 0.3) is 0 Å². The Labute approximate surface area is 155 Å². The highest BCUT2D eigenvalue weighted by molar-refractivity contribution is 5.82. The van der Waals surface area contributed by atoms with Crippen LogP contribution in [0.4, 0.5) is 0 Å². The average molecular weight is 361 g/mol. The molecule has 0 spiro atoms. The normalized spacial score (nSPS) is 20.5. The Kier molecular flexibility index (Phi) is 6.49. The van der Waals surface area contributed by atoms with Crippen molar-refractivity contribution in [2.45, 2.75) is 32.4 Å². The highest BCUT2D eigenvalue weighted by Crippen LogP contribution is 2.14. The molecule has 1 aromatic rings. The molecule has 144 valence electrons. The number of nitrogens with one attached hydrogen (secondary N) is 1. The van der Waals surface area contributed by atoms with Gasteiger partial charge >= 0.3 is 0 Å². The van der Waals surface area contributed by atoms with Gasteiger partial charge in [-0.05, 0) is 25.8 Å². The molecular formula is C18H31N7O. The number of hydrogen-bond acceptors (Lipinski definition) is 4. The van der Waals surface area contributed by atoms with Gasteiger partial charge in [0.2, 0.25) is 5.91 Å². The highest BCUT2D eigenvalue weighted by Gasteiger charge is 2.30. The van der Waals surface area contributed by atoms with E-state index >= 15 is 0 Å². The molecule has 0 bridgehead atoms. The van der Waals surface area contributed by atoms with Crippen LogP contribution in [-0.4, -0.2) is 95.2 Å². The third-order valence-electron chi connectivity index (χ3n) is 5.33. The van der Waals surface area contributed by atoms with E-state index in [1.807, 2.05) is 35.8 Å². The molecule has 2 fully saturated rings. The number of aromatic nitrogens is 2. The van der Waals surface area contributed by atoms with Crippen molar-refractivity contribution >= 4 is 11.9 Å². The van der Waals surface area contributed by atoms with Crippen LogP contribution >= 0.6 is 0 Å². The molecule has 3 heterocycles. The van der Waals surface area contributed by atoms with Crippen LogP contribution in [0.5, 0.6) is 0 Å². The molecule has 3 rings (SSSR count). The first-order valence-corrected chi connectivity index (χ1v) is 9.65. The van der Waals surface area contributed by atoms with Crippen molar-refractivity contribution in [2.75, 3.05) is 52.9 Å². The summed E-state index contributed by atoms with van der Waals surface area (Å²) in [5.74, 6) is 1.22. The van der Waals surface area contributed by atoms with Gasteiger partial charge in [-0.25, -0.2) is 0 Å². The summed E-state index contributed by atoms with van der Waals surface area (Å²) >= 11 is 0. The maximum Gasteiger partial charge on any atom is 0.239 e. The zero-order chi connectivity index (χ0) is 18.4. The molecule has 1 aromatic heterocycles. The van der Waals surface area contributed by atoms with E-state index in [0.29, 0.717) is 0 Å². The number of piperazine rings is 1. The molecule has 2 saturated heterocycles. The fourth-order valence-electron chi connectivity index (χ4n) is 3.73. The lowest BCUT2D eigenvalue weighted by molar-refractivity contribution is -0.135. The standard InChI is InChI=1S/C18H31N7O/c1-16(17(26)23-8-3-4-9-23)22-12-14-24(15-13-22)18(19-2)20-7-11-25-10-5-6-21-25/h5-6,10,16H,3-4,7-9,11-15H2,1-2H3,(H,19,20). The van der Waals surface area contributed by atoms with Gasteiger partial charge in [0.1, 0.15) is 0 Å². The van der Waals surface area contributed by atoms with Gasteiger partial charge in [-0.2, -0.15) is 5.10 Å². The SMILES string of the molecule is CN=C(NCCn1cccn1)N1CCN(C(C)C(=O)N2CCCC2)CC1. The number of carbonyl (C=O) groups excluding carboxylic acids is 1. The highest BCUT2D eigenvalue weighted by atomic mass is 16.2. The monoisotopic (exact) mass is 361 g/mol. The summed E-state index contributed by atoms with van der Waals surface area (Å²) in [6.07, 6.45) is 6.04. The van der Waals surface area contributed by atoms with E-state index < -0.39 is 0 Å². The van der Waals surface area contributed by atoms with Gasteiger partial charge in [-0.1, -0.05) is 0 Å². The summed E-state index contributed by atoms with van der Waals surface area (Å²) in [4.78, 5) is 23.6. The van der Waals surface area contributed by atoms with Crippen molar-refractivity contribution in [1.82, 2.24) is 29.8 Å². The molecular weight excluding hydrogens is 330 g/mol. The number of likely N-dealkylation sites (tertiary alicyclic amines) is 1. The van der Waals surface area contributed by atoms with Crippen LogP contribution < -0.4 is 5.32 Å². The fraction of sp³-hybridized carbons (Fsp3) is 0.722. The smallest absolute Gasteiger partial charge is 0.239 e. The average Bonchev–Trinajstić information content (AvgIpc) is 3.38. The topological polar surface area (TPSA) is 69.0 Å². The van der Waals surface area contributed by atoms with Crippen molar-refractivity contribution in [3.63, 3.8) is 0 Å². The Balaban J connectivity index is 1.43. The Morgan fingerprint density at radius 3 is 2.50 bits per heavy atom. The molecule has 8 heteroatoms. The van der Waals surface area contributed by atoms with Gasteiger partial charge in [0.05, 0.1) is 12.6 Å². The van der Waals surface area contributed by atoms with Crippen LogP contribution in [-0.2, 0) is 11.3 Å². The Morgan fingerprint density at radius 2 is 1.88 bits per heavy atom. The van der Waals surface area contributed by atoms with Crippen LogP contribution in [0.3, 0.4) is 0 Å².